The third-order valence-corrected chi connectivity index (χ3v) is 2.35. The van der Waals surface area contributed by atoms with E-state index in [0.29, 0.717) is 13.2 Å². The molecule has 88 valence electrons. The van der Waals surface area contributed by atoms with Gasteiger partial charge in [0.25, 0.3) is 0 Å². The highest BCUT2D eigenvalue weighted by Crippen LogP contribution is 2.18. The molecule has 2 atom stereocenters. The molecule has 0 aliphatic carbocycles. The monoisotopic (exact) mass is 224 g/mol. The first-order valence-electron chi connectivity index (χ1n) is 5.32. The molecule has 1 saturated heterocycles. The molecule has 2 rings (SSSR count). The van der Waals surface area contributed by atoms with Crippen molar-refractivity contribution in [1.29, 1.82) is 0 Å². The highest BCUT2D eigenvalue weighted by Gasteiger charge is 2.22. The second-order valence-electron chi connectivity index (χ2n) is 3.70. The lowest BCUT2D eigenvalue weighted by molar-refractivity contribution is -0.0792. The Morgan fingerprint density at radius 2 is 1.94 bits per heavy atom. The predicted octanol–water partition coefficient (Wildman–Crippen LogP) is 1.84. The Morgan fingerprint density at radius 1 is 1.25 bits per heavy atom. The molecule has 0 aromatic heterocycles. The van der Waals surface area contributed by atoms with Crippen LogP contribution in [0, 0.1) is 0 Å². The molecule has 0 amide bonds. The predicted molar refractivity (Wildman–Crippen MR) is 58.8 cm³/mol. The van der Waals surface area contributed by atoms with Crippen LogP contribution in [-0.4, -0.2) is 32.7 Å². The van der Waals surface area contributed by atoms with Crippen LogP contribution in [0.2, 0.25) is 0 Å². The van der Waals surface area contributed by atoms with E-state index in [2.05, 4.69) is 0 Å². The maximum Gasteiger partial charge on any atom is 0.192 e. The molecule has 1 fully saturated rings. The van der Waals surface area contributed by atoms with Crippen LogP contribution in [-0.2, 0) is 9.47 Å². The van der Waals surface area contributed by atoms with E-state index in [4.69, 9.17) is 18.9 Å². The zero-order chi connectivity index (χ0) is 11.4. The minimum Gasteiger partial charge on any atom is -0.497 e. The molecule has 0 N–H and O–H groups in total. The molecular weight excluding hydrogens is 208 g/mol. The number of ether oxygens (including phenoxy) is 4. The maximum absolute atomic E-state index is 5.53. The normalized spacial score (nSPS) is 24.4. The summed E-state index contributed by atoms with van der Waals surface area (Å²) in [6, 6.07) is 7.43. The van der Waals surface area contributed by atoms with Crippen LogP contribution in [0.3, 0.4) is 0 Å². The van der Waals surface area contributed by atoms with Gasteiger partial charge in [0.2, 0.25) is 0 Å². The van der Waals surface area contributed by atoms with Gasteiger partial charge in [0.05, 0.1) is 19.8 Å². The van der Waals surface area contributed by atoms with E-state index in [1.807, 2.05) is 31.2 Å². The lowest BCUT2D eigenvalue weighted by atomic mass is 10.3. The highest BCUT2D eigenvalue weighted by molar-refractivity contribution is 5.31. The molecule has 4 nitrogen and oxygen atoms in total. The van der Waals surface area contributed by atoms with Crippen molar-refractivity contribution in [2.75, 3.05) is 20.3 Å². The lowest BCUT2D eigenvalue weighted by Gasteiger charge is -2.11. The van der Waals surface area contributed by atoms with Crippen molar-refractivity contribution in [3.63, 3.8) is 0 Å². The zero-order valence-electron chi connectivity index (χ0n) is 9.51. The quantitative estimate of drug-likeness (QED) is 0.782. The summed E-state index contributed by atoms with van der Waals surface area (Å²) in [5, 5.41) is 0. The first-order valence-corrected chi connectivity index (χ1v) is 5.32. The van der Waals surface area contributed by atoms with Crippen LogP contribution >= 0.6 is 0 Å². The van der Waals surface area contributed by atoms with Gasteiger partial charge in [-0.25, -0.2) is 0 Å². The van der Waals surface area contributed by atoms with Gasteiger partial charge in [0.15, 0.2) is 6.29 Å². The van der Waals surface area contributed by atoms with Crippen molar-refractivity contribution < 1.29 is 18.9 Å². The molecule has 0 radical (unpaired) electrons. The van der Waals surface area contributed by atoms with Gasteiger partial charge in [-0.3, -0.25) is 0 Å². The third kappa shape index (κ3) is 2.87. The summed E-state index contributed by atoms with van der Waals surface area (Å²) in [7, 11) is 1.64. The van der Waals surface area contributed by atoms with Gasteiger partial charge >= 0.3 is 0 Å². The molecule has 1 aromatic rings. The summed E-state index contributed by atoms with van der Waals surface area (Å²) in [6.45, 7) is 3.03. The van der Waals surface area contributed by atoms with E-state index >= 15 is 0 Å². The minimum atomic E-state index is -0.253. The van der Waals surface area contributed by atoms with Crippen LogP contribution in [0.1, 0.15) is 6.92 Å². The topological polar surface area (TPSA) is 36.9 Å². The van der Waals surface area contributed by atoms with Crippen LogP contribution in [0.15, 0.2) is 24.3 Å². The fraction of sp³-hybridized carbons (Fsp3) is 0.500. The van der Waals surface area contributed by atoms with Crippen molar-refractivity contribution in [1.82, 2.24) is 0 Å². The molecule has 0 bridgehead atoms. The van der Waals surface area contributed by atoms with Crippen molar-refractivity contribution in [2.24, 2.45) is 0 Å². The van der Waals surface area contributed by atoms with Crippen molar-refractivity contribution in [3.8, 4) is 11.5 Å². The first-order chi connectivity index (χ1) is 7.78. The molecule has 16 heavy (non-hydrogen) atoms. The fourth-order valence-corrected chi connectivity index (χ4v) is 1.50. The Morgan fingerprint density at radius 3 is 2.50 bits per heavy atom. The summed E-state index contributed by atoms with van der Waals surface area (Å²) in [5.74, 6) is 1.60. The van der Waals surface area contributed by atoms with Gasteiger partial charge in [-0.05, 0) is 31.2 Å². The second-order valence-corrected chi connectivity index (χ2v) is 3.70. The van der Waals surface area contributed by atoms with Gasteiger partial charge < -0.3 is 18.9 Å². The Kier molecular flexibility index (Phi) is 3.64. The lowest BCUT2D eigenvalue weighted by Crippen LogP contribution is -2.19. The second kappa shape index (κ2) is 5.18. The Labute approximate surface area is 95.1 Å². The van der Waals surface area contributed by atoms with Gasteiger partial charge in [-0.2, -0.15) is 0 Å². The molecule has 1 aliphatic rings. The minimum absolute atomic E-state index is 0.157. The van der Waals surface area contributed by atoms with E-state index in [-0.39, 0.29) is 12.4 Å². The molecule has 0 spiro atoms. The van der Waals surface area contributed by atoms with Crippen LogP contribution < -0.4 is 9.47 Å². The van der Waals surface area contributed by atoms with E-state index < -0.39 is 0 Å². The standard InChI is InChI=1S/C12H16O4/c1-9-7-15-12(16-9)8-14-11-5-3-10(13-2)4-6-11/h3-6,9,12H,7-8H2,1-2H3. The van der Waals surface area contributed by atoms with Gasteiger partial charge in [0.1, 0.15) is 18.1 Å². The van der Waals surface area contributed by atoms with E-state index in [0.717, 1.165) is 11.5 Å². The molecule has 0 saturated carbocycles. The summed E-state index contributed by atoms with van der Waals surface area (Å²) < 4.78 is 21.4. The number of benzene rings is 1. The molecule has 1 aromatic carbocycles. The Bertz CT molecular complexity index is 322. The fourth-order valence-electron chi connectivity index (χ4n) is 1.50. The van der Waals surface area contributed by atoms with Gasteiger partial charge in [0, 0.05) is 0 Å². The third-order valence-electron chi connectivity index (χ3n) is 2.35. The number of hydrogen-bond donors (Lipinski definition) is 0. The maximum atomic E-state index is 5.53. The largest absolute Gasteiger partial charge is 0.497 e. The van der Waals surface area contributed by atoms with Crippen LogP contribution in [0.5, 0.6) is 11.5 Å². The summed E-state index contributed by atoms with van der Waals surface area (Å²) >= 11 is 0. The van der Waals surface area contributed by atoms with Crippen LogP contribution in [0.25, 0.3) is 0 Å². The van der Waals surface area contributed by atoms with E-state index in [1.165, 1.54) is 0 Å². The highest BCUT2D eigenvalue weighted by atomic mass is 16.7. The summed E-state index contributed by atoms with van der Waals surface area (Å²) in [6.07, 6.45) is -0.0958. The Balaban J connectivity index is 1.80. The average Bonchev–Trinajstić information content (AvgIpc) is 2.73. The number of rotatable bonds is 4. The molecule has 1 aliphatic heterocycles. The summed E-state index contributed by atoms with van der Waals surface area (Å²) in [4.78, 5) is 0. The van der Waals surface area contributed by atoms with E-state index in [9.17, 15) is 0 Å². The van der Waals surface area contributed by atoms with Crippen molar-refractivity contribution in [2.45, 2.75) is 19.3 Å². The smallest absolute Gasteiger partial charge is 0.192 e. The first kappa shape index (κ1) is 11.2. The van der Waals surface area contributed by atoms with Crippen molar-refractivity contribution in [3.05, 3.63) is 24.3 Å². The SMILES string of the molecule is COc1ccc(OCC2OCC(C)O2)cc1. The van der Waals surface area contributed by atoms with Gasteiger partial charge in [-0.15, -0.1) is 0 Å². The molecule has 2 unspecified atom stereocenters. The number of methoxy groups -OCH3 is 1. The molecule has 1 heterocycles. The van der Waals surface area contributed by atoms with E-state index in [1.54, 1.807) is 7.11 Å². The zero-order valence-corrected chi connectivity index (χ0v) is 9.51. The van der Waals surface area contributed by atoms with Crippen LogP contribution in [0.4, 0.5) is 0 Å². The Hall–Kier alpha value is -1.26. The molecular formula is C12H16O4. The number of hydrogen-bond acceptors (Lipinski definition) is 4. The summed E-state index contributed by atoms with van der Waals surface area (Å²) in [5.41, 5.74) is 0. The van der Waals surface area contributed by atoms with Gasteiger partial charge in [-0.1, -0.05) is 0 Å². The average molecular weight is 224 g/mol. The molecule has 4 heteroatoms. The van der Waals surface area contributed by atoms with Crippen molar-refractivity contribution >= 4 is 0 Å².